The van der Waals surface area contributed by atoms with Gasteiger partial charge in [-0.25, -0.2) is 4.98 Å². The van der Waals surface area contributed by atoms with Gasteiger partial charge in [-0.2, -0.15) is 0 Å². The van der Waals surface area contributed by atoms with E-state index in [4.69, 9.17) is 5.11 Å². The van der Waals surface area contributed by atoms with E-state index < -0.39 is 4.92 Å². The van der Waals surface area contributed by atoms with E-state index in [1.165, 1.54) is 28.8 Å². The lowest BCUT2D eigenvalue weighted by Gasteiger charge is -1.95. The van der Waals surface area contributed by atoms with Crippen LogP contribution in [0.15, 0.2) is 29.6 Å². The normalized spacial score (nSPS) is 10.1. The van der Waals surface area contributed by atoms with Crippen LogP contribution in [0.25, 0.3) is 10.6 Å². The Bertz CT molecular complexity index is 510. The van der Waals surface area contributed by atoms with Crippen molar-refractivity contribution in [1.82, 2.24) is 4.98 Å². The summed E-state index contributed by atoms with van der Waals surface area (Å²) in [5.74, 6) is -0.0680. The van der Waals surface area contributed by atoms with E-state index in [0.29, 0.717) is 10.6 Å². The zero-order valence-electron chi connectivity index (χ0n) is 7.45. The molecule has 2 aromatic rings. The van der Waals surface area contributed by atoms with Crippen molar-refractivity contribution in [3.05, 3.63) is 39.8 Å². The molecule has 0 amide bonds. The molecule has 0 spiro atoms. The van der Waals surface area contributed by atoms with E-state index in [9.17, 15) is 10.1 Å². The first-order valence-corrected chi connectivity index (χ1v) is 4.94. The largest absolute Gasteiger partial charge is 0.493 e. The van der Waals surface area contributed by atoms with Gasteiger partial charge in [0.1, 0.15) is 5.01 Å². The van der Waals surface area contributed by atoms with Gasteiger partial charge in [-0.3, -0.25) is 10.1 Å². The summed E-state index contributed by atoms with van der Waals surface area (Å²) < 4.78 is 0. The molecule has 0 saturated heterocycles. The number of hydrogen-bond donors (Lipinski definition) is 1. The van der Waals surface area contributed by atoms with Gasteiger partial charge in [0, 0.05) is 17.7 Å². The highest BCUT2D eigenvalue weighted by molar-refractivity contribution is 7.13. The Hall–Kier alpha value is -1.95. The first-order chi connectivity index (χ1) is 7.16. The first kappa shape index (κ1) is 9.60. The first-order valence-electron chi connectivity index (χ1n) is 4.06. The van der Waals surface area contributed by atoms with Crippen LogP contribution in [0.1, 0.15) is 0 Å². The van der Waals surface area contributed by atoms with Crippen molar-refractivity contribution in [2.45, 2.75) is 0 Å². The van der Waals surface area contributed by atoms with Gasteiger partial charge in [0.05, 0.1) is 10.3 Å². The predicted octanol–water partition coefficient (Wildman–Crippen LogP) is 2.42. The van der Waals surface area contributed by atoms with Crippen molar-refractivity contribution in [1.29, 1.82) is 0 Å². The second-order valence-corrected chi connectivity index (χ2v) is 3.68. The minimum atomic E-state index is -0.461. The minimum Gasteiger partial charge on any atom is -0.493 e. The summed E-state index contributed by atoms with van der Waals surface area (Å²) in [6.45, 7) is 0. The van der Waals surface area contributed by atoms with Crippen molar-refractivity contribution in [2.24, 2.45) is 0 Å². The Kier molecular flexibility index (Phi) is 2.34. The Morgan fingerprint density at radius 2 is 2.27 bits per heavy atom. The summed E-state index contributed by atoms with van der Waals surface area (Å²) in [4.78, 5) is 13.9. The third kappa shape index (κ3) is 1.94. The van der Waals surface area contributed by atoms with Crippen LogP contribution in [0.5, 0.6) is 5.88 Å². The van der Waals surface area contributed by atoms with Gasteiger partial charge in [0.25, 0.3) is 5.69 Å². The molecular formula is C9H6N2O3S. The van der Waals surface area contributed by atoms with Crippen molar-refractivity contribution < 1.29 is 10.0 Å². The molecule has 0 fully saturated rings. The van der Waals surface area contributed by atoms with E-state index in [2.05, 4.69) is 4.98 Å². The summed E-state index contributed by atoms with van der Waals surface area (Å²) in [6.07, 6.45) is 0. The number of nitro groups is 1. The number of aromatic nitrogens is 1. The number of aromatic hydroxyl groups is 1. The van der Waals surface area contributed by atoms with E-state index in [1.54, 1.807) is 12.1 Å². The highest BCUT2D eigenvalue weighted by Gasteiger charge is 2.09. The van der Waals surface area contributed by atoms with E-state index in [1.807, 2.05) is 0 Å². The second kappa shape index (κ2) is 3.66. The number of nitrogens with zero attached hydrogens (tertiary/aromatic N) is 2. The molecule has 0 bridgehead atoms. The molecule has 0 radical (unpaired) electrons. The Morgan fingerprint density at radius 1 is 1.47 bits per heavy atom. The summed E-state index contributed by atoms with van der Waals surface area (Å²) in [5, 5.41) is 21.6. The molecule has 5 nitrogen and oxygen atoms in total. The van der Waals surface area contributed by atoms with Crippen LogP contribution in [0.4, 0.5) is 5.69 Å². The quantitative estimate of drug-likeness (QED) is 0.625. The molecule has 6 heteroatoms. The average molecular weight is 222 g/mol. The zero-order chi connectivity index (χ0) is 10.8. The molecular weight excluding hydrogens is 216 g/mol. The fraction of sp³-hybridized carbons (Fsp3) is 0. The molecule has 2 rings (SSSR count). The van der Waals surface area contributed by atoms with Crippen molar-refractivity contribution in [2.75, 3.05) is 0 Å². The number of non-ortho nitro benzene ring substituents is 1. The summed E-state index contributed by atoms with van der Waals surface area (Å²) in [7, 11) is 0. The zero-order valence-corrected chi connectivity index (χ0v) is 8.27. The van der Waals surface area contributed by atoms with Gasteiger partial charge < -0.3 is 5.11 Å². The Morgan fingerprint density at radius 3 is 2.87 bits per heavy atom. The van der Waals surface area contributed by atoms with E-state index >= 15 is 0 Å². The van der Waals surface area contributed by atoms with Crippen LogP contribution < -0.4 is 0 Å². The van der Waals surface area contributed by atoms with Gasteiger partial charge in [-0.1, -0.05) is 12.1 Å². The lowest BCUT2D eigenvalue weighted by Crippen LogP contribution is -1.87. The Labute approximate surface area is 88.8 Å². The van der Waals surface area contributed by atoms with Crippen LogP contribution in [0.2, 0.25) is 0 Å². The van der Waals surface area contributed by atoms with E-state index in [-0.39, 0.29) is 11.6 Å². The lowest BCUT2D eigenvalue weighted by molar-refractivity contribution is -0.384. The maximum absolute atomic E-state index is 10.5. The molecule has 0 atom stereocenters. The molecule has 15 heavy (non-hydrogen) atoms. The molecule has 1 heterocycles. The fourth-order valence-corrected chi connectivity index (χ4v) is 1.83. The molecule has 0 unspecified atom stereocenters. The van der Waals surface area contributed by atoms with Gasteiger partial charge in [0.15, 0.2) is 0 Å². The monoisotopic (exact) mass is 222 g/mol. The second-order valence-electron chi connectivity index (χ2n) is 2.82. The Balaban J connectivity index is 2.45. The predicted molar refractivity (Wildman–Crippen MR) is 55.9 cm³/mol. The number of hydrogen-bond acceptors (Lipinski definition) is 5. The SMILES string of the molecule is O=[N+]([O-])c1cccc(-c2nc(O)cs2)c1. The minimum absolute atomic E-state index is 0.0159. The van der Waals surface area contributed by atoms with Crippen LogP contribution in [0, 0.1) is 10.1 Å². The van der Waals surface area contributed by atoms with Crippen molar-refractivity contribution in [3.8, 4) is 16.5 Å². The molecule has 0 saturated carbocycles. The highest BCUT2D eigenvalue weighted by Crippen LogP contribution is 2.28. The van der Waals surface area contributed by atoms with Crippen LogP contribution >= 0.6 is 11.3 Å². The van der Waals surface area contributed by atoms with Gasteiger partial charge >= 0.3 is 0 Å². The molecule has 0 aliphatic carbocycles. The smallest absolute Gasteiger partial charge is 0.270 e. The number of thiazole rings is 1. The van der Waals surface area contributed by atoms with Crippen LogP contribution in [0.3, 0.4) is 0 Å². The number of benzene rings is 1. The lowest BCUT2D eigenvalue weighted by atomic mass is 10.2. The number of rotatable bonds is 2. The van der Waals surface area contributed by atoms with E-state index in [0.717, 1.165) is 0 Å². The maximum Gasteiger partial charge on any atom is 0.270 e. The summed E-state index contributed by atoms with van der Waals surface area (Å²) in [6, 6.07) is 6.15. The molecule has 1 N–H and O–H groups in total. The maximum atomic E-state index is 10.5. The third-order valence-electron chi connectivity index (χ3n) is 1.80. The van der Waals surface area contributed by atoms with Crippen LogP contribution in [-0.2, 0) is 0 Å². The fourth-order valence-electron chi connectivity index (χ4n) is 1.15. The van der Waals surface area contributed by atoms with Gasteiger partial charge in [0.2, 0.25) is 5.88 Å². The standard InChI is InChI=1S/C9H6N2O3S/c12-8-5-15-9(10-8)6-2-1-3-7(4-6)11(13)14/h1-5,12H. The highest BCUT2D eigenvalue weighted by atomic mass is 32.1. The molecule has 76 valence electrons. The molecule has 1 aromatic heterocycles. The van der Waals surface area contributed by atoms with Crippen molar-refractivity contribution in [3.63, 3.8) is 0 Å². The summed E-state index contributed by atoms with van der Waals surface area (Å²) >= 11 is 1.24. The van der Waals surface area contributed by atoms with Gasteiger partial charge in [-0.05, 0) is 0 Å². The molecule has 0 aliphatic rings. The molecule has 1 aromatic carbocycles. The van der Waals surface area contributed by atoms with Gasteiger partial charge in [-0.15, -0.1) is 11.3 Å². The van der Waals surface area contributed by atoms with Crippen LogP contribution in [-0.4, -0.2) is 15.0 Å². The number of nitro benzene ring substituents is 1. The third-order valence-corrected chi connectivity index (χ3v) is 2.67. The summed E-state index contributed by atoms with van der Waals surface area (Å²) in [5.41, 5.74) is 0.650. The average Bonchev–Trinajstić information content (AvgIpc) is 2.65. The molecule has 0 aliphatic heterocycles. The van der Waals surface area contributed by atoms with Crippen molar-refractivity contribution >= 4 is 17.0 Å². The topological polar surface area (TPSA) is 76.3 Å².